The van der Waals surface area contributed by atoms with Crippen LogP contribution in [-0.4, -0.2) is 12.0 Å². The summed E-state index contributed by atoms with van der Waals surface area (Å²) >= 11 is 5.15. The maximum Gasteiger partial charge on any atom is 0.107 e. The summed E-state index contributed by atoms with van der Waals surface area (Å²) in [7, 11) is 1.93. The number of aromatic nitrogens is 1. The maximum atomic E-state index is 4.55. The van der Waals surface area contributed by atoms with E-state index in [2.05, 4.69) is 43.7 Å². The quantitative estimate of drug-likeness (QED) is 0.935. The molecule has 0 amide bonds. The molecule has 0 bridgehead atoms. The normalized spacial score (nSPS) is 10.5. The number of rotatable bonds is 3. The van der Waals surface area contributed by atoms with Crippen LogP contribution < -0.4 is 5.32 Å². The summed E-state index contributed by atoms with van der Waals surface area (Å²) in [5.74, 6) is 0. The highest BCUT2D eigenvalue weighted by atomic mass is 79.9. The van der Waals surface area contributed by atoms with Crippen molar-refractivity contribution in [1.29, 1.82) is 0 Å². The van der Waals surface area contributed by atoms with Crippen LogP contribution in [0.2, 0.25) is 0 Å². The zero-order valence-electron chi connectivity index (χ0n) is 8.33. The summed E-state index contributed by atoms with van der Waals surface area (Å²) in [6, 6.07) is 8.20. The predicted octanol–water partition coefficient (Wildman–Crippen LogP) is 3.29. The van der Waals surface area contributed by atoms with Crippen LogP contribution in [-0.2, 0) is 6.54 Å². The second-order valence-corrected chi connectivity index (χ2v) is 5.03. The summed E-state index contributed by atoms with van der Waals surface area (Å²) in [6.45, 7) is 0.832. The van der Waals surface area contributed by atoms with E-state index in [9.17, 15) is 0 Å². The lowest BCUT2D eigenvalue weighted by Gasteiger charge is -1.97. The molecule has 0 unspecified atom stereocenters. The molecule has 0 fully saturated rings. The third kappa shape index (κ3) is 2.65. The first kappa shape index (κ1) is 10.8. The molecule has 0 aliphatic rings. The van der Waals surface area contributed by atoms with Crippen molar-refractivity contribution in [1.82, 2.24) is 10.3 Å². The molecule has 2 rings (SSSR count). The standard InChI is InChI=1S/C11H11BrN2S/c1-13-6-11-14-10(7-15-11)8-3-2-4-9(12)5-8/h2-5,7,13H,6H2,1H3. The van der Waals surface area contributed by atoms with Crippen molar-refractivity contribution >= 4 is 27.3 Å². The van der Waals surface area contributed by atoms with Crippen LogP contribution in [0.15, 0.2) is 34.1 Å². The molecule has 78 valence electrons. The zero-order chi connectivity index (χ0) is 10.7. The number of hydrogen-bond donors (Lipinski definition) is 1. The molecule has 15 heavy (non-hydrogen) atoms. The van der Waals surface area contributed by atoms with E-state index in [1.54, 1.807) is 11.3 Å². The van der Waals surface area contributed by atoms with Gasteiger partial charge >= 0.3 is 0 Å². The Labute approximate surface area is 101 Å². The highest BCUT2D eigenvalue weighted by molar-refractivity contribution is 9.10. The van der Waals surface area contributed by atoms with Crippen LogP contribution in [0.3, 0.4) is 0 Å². The van der Waals surface area contributed by atoms with Crippen LogP contribution >= 0.6 is 27.3 Å². The molecule has 0 spiro atoms. The van der Waals surface area contributed by atoms with E-state index in [4.69, 9.17) is 0 Å². The van der Waals surface area contributed by atoms with Crippen LogP contribution in [0.5, 0.6) is 0 Å². The fourth-order valence-corrected chi connectivity index (χ4v) is 2.54. The fourth-order valence-electron chi connectivity index (χ4n) is 1.32. The molecule has 4 heteroatoms. The molecule has 1 heterocycles. The third-order valence-electron chi connectivity index (χ3n) is 2.00. The molecule has 0 saturated carbocycles. The molecule has 0 aliphatic carbocycles. The average Bonchev–Trinajstić information content (AvgIpc) is 2.67. The molecule has 0 saturated heterocycles. The van der Waals surface area contributed by atoms with Crippen molar-refractivity contribution in [3.63, 3.8) is 0 Å². The van der Waals surface area contributed by atoms with Crippen LogP contribution in [0, 0.1) is 0 Å². The van der Waals surface area contributed by atoms with E-state index >= 15 is 0 Å². The van der Waals surface area contributed by atoms with Crippen LogP contribution in [0.4, 0.5) is 0 Å². The van der Waals surface area contributed by atoms with Gasteiger partial charge in [0.25, 0.3) is 0 Å². The van der Waals surface area contributed by atoms with Gasteiger partial charge in [-0.2, -0.15) is 0 Å². The van der Waals surface area contributed by atoms with Gasteiger partial charge in [-0.15, -0.1) is 11.3 Å². The Bertz CT molecular complexity index is 453. The van der Waals surface area contributed by atoms with E-state index in [1.807, 2.05) is 19.2 Å². The molecule has 0 aliphatic heterocycles. The zero-order valence-corrected chi connectivity index (χ0v) is 10.7. The molecule has 2 aromatic rings. The Hall–Kier alpha value is -0.710. The van der Waals surface area contributed by atoms with Gasteiger partial charge in [-0.1, -0.05) is 28.1 Å². The minimum atomic E-state index is 0.832. The third-order valence-corrected chi connectivity index (χ3v) is 3.34. The van der Waals surface area contributed by atoms with E-state index in [0.717, 1.165) is 27.3 Å². The van der Waals surface area contributed by atoms with Gasteiger partial charge in [0.05, 0.1) is 5.69 Å². The predicted molar refractivity (Wildman–Crippen MR) is 68.0 cm³/mol. The summed E-state index contributed by atoms with van der Waals surface area (Å²) in [4.78, 5) is 4.55. The van der Waals surface area contributed by atoms with Crippen molar-refractivity contribution < 1.29 is 0 Å². The monoisotopic (exact) mass is 282 g/mol. The SMILES string of the molecule is CNCc1nc(-c2cccc(Br)c2)cs1. The largest absolute Gasteiger partial charge is 0.314 e. The molecule has 2 nitrogen and oxygen atoms in total. The van der Waals surface area contributed by atoms with Crippen molar-refractivity contribution in [3.8, 4) is 11.3 Å². The Morgan fingerprint density at radius 1 is 1.47 bits per heavy atom. The van der Waals surface area contributed by atoms with Crippen molar-refractivity contribution in [3.05, 3.63) is 39.1 Å². The lowest BCUT2D eigenvalue weighted by Crippen LogP contribution is -2.04. The molecular formula is C11H11BrN2S. The Morgan fingerprint density at radius 2 is 2.33 bits per heavy atom. The Kier molecular flexibility index (Phi) is 3.51. The Balaban J connectivity index is 2.29. The van der Waals surface area contributed by atoms with Gasteiger partial charge in [0.1, 0.15) is 5.01 Å². The van der Waals surface area contributed by atoms with Crippen LogP contribution in [0.25, 0.3) is 11.3 Å². The van der Waals surface area contributed by atoms with E-state index in [-0.39, 0.29) is 0 Å². The second kappa shape index (κ2) is 4.88. The minimum absolute atomic E-state index is 0.832. The molecule has 1 N–H and O–H groups in total. The van der Waals surface area contributed by atoms with E-state index in [0.29, 0.717) is 0 Å². The first-order chi connectivity index (χ1) is 7.29. The van der Waals surface area contributed by atoms with Crippen LogP contribution in [0.1, 0.15) is 5.01 Å². The molecule has 0 atom stereocenters. The number of nitrogens with one attached hydrogen (secondary N) is 1. The molecule has 0 radical (unpaired) electrons. The first-order valence-electron chi connectivity index (χ1n) is 4.64. The summed E-state index contributed by atoms with van der Waals surface area (Å²) < 4.78 is 1.09. The molecular weight excluding hydrogens is 272 g/mol. The number of thiazole rings is 1. The van der Waals surface area contributed by atoms with Crippen molar-refractivity contribution in [2.75, 3.05) is 7.05 Å². The van der Waals surface area contributed by atoms with Gasteiger partial charge in [0.15, 0.2) is 0 Å². The molecule has 1 aromatic carbocycles. The smallest absolute Gasteiger partial charge is 0.107 e. The highest BCUT2D eigenvalue weighted by Crippen LogP contribution is 2.24. The summed E-state index contributed by atoms with van der Waals surface area (Å²) in [5, 5.41) is 6.31. The number of nitrogens with zero attached hydrogens (tertiary/aromatic N) is 1. The molecule has 1 aromatic heterocycles. The number of benzene rings is 1. The fraction of sp³-hybridized carbons (Fsp3) is 0.182. The lowest BCUT2D eigenvalue weighted by molar-refractivity contribution is 0.811. The van der Waals surface area contributed by atoms with Gasteiger partial charge in [-0.05, 0) is 19.2 Å². The average molecular weight is 283 g/mol. The number of halogens is 1. The van der Waals surface area contributed by atoms with Gasteiger partial charge in [-0.25, -0.2) is 4.98 Å². The van der Waals surface area contributed by atoms with Crippen molar-refractivity contribution in [2.24, 2.45) is 0 Å². The van der Waals surface area contributed by atoms with Gasteiger partial charge < -0.3 is 5.32 Å². The summed E-state index contributed by atoms with van der Waals surface area (Å²) in [6.07, 6.45) is 0. The maximum absolute atomic E-state index is 4.55. The van der Waals surface area contributed by atoms with Crippen molar-refractivity contribution in [2.45, 2.75) is 6.54 Å². The second-order valence-electron chi connectivity index (χ2n) is 3.17. The topological polar surface area (TPSA) is 24.9 Å². The van der Waals surface area contributed by atoms with E-state index in [1.165, 1.54) is 0 Å². The lowest BCUT2D eigenvalue weighted by atomic mass is 10.2. The highest BCUT2D eigenvalue weighted by Gasteiger charge is 2.03. The number of hydrogen-bond acceptors (Lipinski definition) is 3. The summed E-state index contributed by atoms with van der Waals surface area (Å²) in [5.41, 5.74) is 2.20. The minimum Gasteiger partial charge on any atom is -0.314 e. The van der Waals surface area contributed by atoms with E-state index < -0.39 is 0 Å². The first-order valence-corrected chi connectivity index (χ1v) is 6.32. The van der Waals surface area contributed by atoms with Gasteiger partial charge in [0.2, 0.25) is 0 Å². The van der Waals surface area contributed by atoms with Gasteiger partial charge in [-0.3, -0.25) is 0 Å². The Morgan fingerprint density at radius 3 is 3.07 bits per heavy atom. The van der Waals surface area contributed by atoms with Gasteiger partial charge in [0, 0.05) is 22.0 Å².